The molecule has 0 unspecified atom stereocenters. The number of thiazole rings is 1. The van der Waals surface area contributed by atoms with Crippen LogP contribution in [0.3, 0.4) is 0 Å². The molecule has 0 bridgehead atoms. The van der Waals surface area contributed by atoms with Crippen molar-refractivity contribution in [1.29, 1.82) is 0 Å². The second-order valence-corrected chi connectivity index (χ2v) is 7.41. The first-order valence-electron chi connectivity index (χ1n) is 7.49. The molecular weight excluding hydrogens is 429 g/mol. The number of halogens is 4. The van der Waals surface area contributed by atoms with Gasteiger partial charge in [0.25, 0.3) is 5.91 Å². The van der Waals surface area contributed by atoms with Gasteiger partial charge in [0.1, 0.15) is 0 Å². The number of alkyl halides is 3. The van der Waals surface area contributed by atoms with Crippen LogP contribution in [-0.4, -0.2) is 10.9 Å². The number of benzene rings is 2. The first kappa shape index (κ1) is 18.6. The summed E-state index contributed by atoms with van der Waals surface area (Å²) in [6.07, 6.45) is -2.50. The summed E-state index contributed by atoms with van der Waals surface area (Å²) < 4.78 is 39.0. The molecule has 0 atom stereocenters. The number of carbonyl (C=O) groups excluding carboxylic acids is 1. The largest absolute Gasteiger partial charge is 0.416 e. The molecular formula is C18H12BrF3N2OS. The van der Waals surface area contributed by atoms with Crippen molar-refractivity contribution >= 4 is 38.3 Å². The zero-order valence-electron chi connectivity index (χ0n) is 13.2. The van der Waals surface area contributed by atoms with Gasteiger partial charge < -0.3 is 0 Å². The van der Waals surface area contributed by atoms with Crippen molar-refractivity contribution in [3.8, 4) is 0 Å². The van der Waals surface area contributed by atoms with Gasteiger partial charge in [-0.15, -0.1) is 11.3 Å². The minimum Gasteiger partial charge on any atom is -0.298 e. The molecule has 1 heterocycles. The number of nitrogens with zero attached hydrogens (tertiary/aromatic N) is 1. The normalized spacial score (nSPS) is 11.4. The fourth-order valence-electron chi connectivity index (χ4n) is 2.32. The van der Waals surface area contributed by atoms with Crippen molar-refractivity contribution in [2.24, 2.45) is 0 Å². The Bertz CT molecular complexity index is 940. The van der Waals surface area contributed by atoms with Crippen molar-refractivity contribution in [1.82, 2.24) is 4.98 Å². The Morgan fingerprint density at radius 1 is 1.15 bits per heavy atom. The van der Waals surface area contributed by atoms with E-state index < -0.39 is 11.7 Å². The standard InChI is InChI=1S/C18H12BrF3N2OS/c19-15-7-2-1-6-14(15)16(25)24-17-23-10-13(26-17)9-11-4-3-5-12(8-11)18(20,21)22/h1-8,10H,9H2,(H,23,24,25). The lowest BCUT2D eigenvalue weighted by Gasteiger charge is -2.07. The lowest BCUT2D eigenvalue weighted by Crippen LogP contribution is -2.12. The molecule has 0 spiro atoms. The first-order valence-corrected chi connectivity index (χ1v) is 9.10. The number of aromatic nitrogens is 1. The molecule has 3 nitrogen and oxygen atoms in total. The predicted molar refractivity (Wildman–Crippen MR) is 98.5 cm³/mol. The Hall–Kier alpha value is -2.19. The summed E-state index contributed by atoms with van der Waals surface area (Å²) in [7, 11) is 0. The molecule has 26 heavy (non-hydrogen) atoms. The summed E-state index contributed by atoms with van der Waals surface area (Å²) in [5.74, 6) is -0.308. The molecule has 3 aromatic rings. The fraction of sp³-hybridized carbons (Fsp3) is 0.111. The Balaban J connectivity index is 1.71. The smallest absolute Gasteiger partial charge is 0.298 e. The number of hydrogen-bond acceptors (Lipinski definition) is 3. The zero-order valence-corrected chi connectivity index (χ0v) is 15.6. The number of carbonyl (C=O) groups is 1. The monoisotopic (exact) mass is 440 g/mol. The molecule has 0 aliphatic carbocycles. The second-order valence-electron chi connectivity index (χ2n) is 5.44. The molecule has 1 aromatic heterocycles. The molecule has 3 rings (SSSR count). The molecule has 134 valence electrons. The maximum atomic E-state index is 12.8. The van der Waals surface area contributed by atoms with E-state index in [2.05, 4.69) is 26.2 Å². The molecule has 0 saturated heterocycles. The molecule has 0 aliphatic rings. The lowest BCUT2D eigenvalue weighted by molar-refractivity contribution is -0.137. The van der Waals surface area contributed by atoms with Crippen LogP contribution < -0.4 is 5.32 Å². The van der Waals surface area contributed by atoms with E-state index in [1.807, 2.05) is 0 Å². The van der Waals surface area contributed by atoms with E-state index in [0.29, 0.717) is 27.2 Å². The molecule has 1 N–H and O–H groups in total. The van der Waals surface area contributed by atoms with E-state index in [4.69, 9.17) is 0 Å². The highest BCUT2D eigenvalue weighted by atomic mass is 79.9. The highest BCUT2D eigenvalue weighted by molar-refractivity contribution is 9.10. The van der Waals surface area contributed by atoms with Crippen molar-refractivity contribution in [3.05, 3.63) is 80.8 Å². The summed E-state index contributed by atoms with van der Waals surface area (Å²) in [5, 5.41) is 3.10. The third-order valence-electron chi connectivity index (χ3n) is 3.53. The number of hydrogen-bond donors (Lipinski definition) is 1. The first-order chi connectivity index (χ1) is 12.3. The number of nitrogens with one attached hydrogen (secondary N) is 1. The Morgan fingerprint density at radius 2 is 1.92 bits per heavy atom. The molecule has 0 saturated carbocycles. The van der Waals surface area contributed by atoms with Gasteiger partial charge in [0, 0.05) is 22.0 Å². The van der Waals surface area contributed by atoms with Gasteiger partial charge in [-0.1, -0.05) is 30.3 Å². The third kappa shape index (κ3) is 4.50. The maximum Gasteiger partial charge on any atom is 0.416 e. The van der Waals surface area contributed by atoms with E-state index in [1.54, 1.807) is 36.5 Å². The number of amides is 1. The lowest BCUT2D eigenvalue weighted by atomic mass is 10.1. The van der Waals surface area contributed by atoms with Crippen LogP contribution >= 0.6 is 27.3 Å². The maximum absolute atomic E-state index is 12.8. The minimum absolute atomic E-state index is 0.308. The SMILES string of the molecule is O=C(Nc1ncc(Cc2cccc(C(F)(F)F)c2)s1)c1ccccc1Br. The Labute approximate surface area is 160 Å². The second kappa shape index (κ2) is 7.59. The summed E-state index contributed by atoms with van der Waals surface area (Å²) in [4.78, 5) is 17.1. The summed E-state index contributed by atoms with van der Waals surface area (Å²) >= 11 is 4.54. The molecule has 8 heteroatoms. The van der Waals surface area contributed by atoms with Crippen LogP contribution in [0.1, 0.15) is 26.4 Å². The summed E-state index contributed by atoms with van der Waals surface area (Å²) in [6.45, 7) is 0. The van der Waals surface area contributed by atoms with E-state index in [-0.39, 0.29) is 5.91 Å². The van der Waals surface area contributed by atoms with E-state index in [0.717, 1.165) is 17.0 Å². The molecule has 0 fully saturated rings. The van der Waals surface area contributed by atoms with Crippen LogP contribution in [-0.2, 0) is 12.6 Å². The molecule has 0 radical (unpaired) electrons. The van der Waals surface area contributed by atoms with Crippen molar-refractivity contribution < 1.29 is 18.0 Å². The average molecular weight is 441 g/mol. The van der Waals surface area contributed by atoms with E-state index >= 15 is 0 Å². The van der Waals surface area contributed by atoms with Crippen LogP contribution in [0.5, 0.6) is 0 Å². The predicted octanol–water partition coefficient (Wildman–Crippen LogP) is 5.77. The highest BCUT2D eigenvalue weighted by Crippen LogP contribution is 2.30. The minimum atomic E-state index is -4.37. The van der Waals surface area contributed by atoms with Gasteiger partial charge in [-0.2, -0.15) is 13.2 Å². The fourth-order valence-corrected chi connectivity index (χ4v) is 3.62. The third-order valence-corrected chi connectivity index (χ3v) is 5.13. The number of anilines is 1. The molecule has 1 amide bonds. The van der Waals surface area contributed by atoms with Crippen molar-refractivity contribution in [2.45, 2.75) is 12.6 Å². The van der Waals surface area contributed by atoms with Crippen molar-refractivity contribution in [3.63, 3.8) is 0 Å². The average Bonchev–Trinajstić information content (AvgIpc) is 3.01. The number of rotatable bonds is 4. The van der Waals surface area contributed by atoms with Gasteiger partial charge in [-0.3, -0.25) is 10.1 Å². The van der Waals surface area contributed by atoms with Crippen LogP contribution in [0, 0.1) is 0 Å². The van der Waals surface area contributed by atoms with E-state index in [9.17, 15) is 18.0 Å². The van der Waals surface area contributed by atoms with Crippen LogP contribution in [0.4, 0.5) is 18.3 Å². The zero-order chi connectivity index (χ0) is 18.7. The summed E-state index contributed by atoms with van der Waals surface area (Å²) in [6, 6.07) is 12.2. The van der Waals surface area contributed by atoms with Crippen LogP contribution in [0.25, 0.3) is 0 Å². The van der Waals surface area contributed by atoms with Crippen molar-refractivity contribution in [2.75, 3.05) is 5.32 Å². The van der Waals surface area contributed by atoms with Crippen LogP contribution in [0.15, 0.2) is 59.2 Å². The van der Waals surface area contributed by atoms with E-state index in [1.165, 1.54) is 17.4 Å². The highest BCUT2D eigenvalue weighted by Gasteiger charge is 2.30. The molecule has 2 aromatic carbocycles. The Morgan fingerprint density at radius 3 is 2.65 bits per heavy atom. The van der Waals surface area contributed by atoms with Gasteiger partial charge in [-0.05, 0) is 39.7 Å². The topological polar surface area (TPSA) is 42.0 Å². The van der Waals surface area contributed by atoms with Gasteiger partial charge in [0.2, 0.25) is 0 Å². The van der Waals surface area contributed by atoms with Crippen LogP contribution in [0.2, 0.25) is 0 Å². The van der Waals surface area contributed by atoms with Gasteiger partial charge in [-0.25, -0.2) is 4.98 Å². The molecule has 0 aliphatic heterocycles. The quantitative estimate of drug-likeness (QED) is 0.559. The van der Waals surface area contributed by atoms with Gasteiger partial charge in [0.05, 0.1) is 11.1 Å². The van der Waals surface area contributed by atoms with Gasteiger partial charge >= 0.3 is 6.18 Å². The Kier molecular flexibility index (Phi) is 5.43. The van der Waals surface area contributed by atoms with Gasteiger partial charge in [0.15, 0.2) is 5.13 Å². The summed E-state index contributed by atoms with van der Waals surface area (Å²) in [5.41, 5.74) is 0.330.